The molecule has 2 rings (SSSR count). The highest BCUT2D eigenvalue weighted by molar-refractivity contribution is 5.41. The third kappa shape index (κ3) is 3.06. The standard InChI is InChI=1S/C14H17FN4/c1-10-13(15)14(18-9-17-10)19(2)8-12-5-3-4-11(6-12)7-16/h3-6,9H,7-8,16H2,1-2H3. The van der Waals surface area contributed by atoms with Crippen LogP contribution in [0, 0.1) is 12.7 Å². The second kappa shape index (κ2) is 5.75. The van der Waals surface area contributed by atoms with E-state index in [0.29, 0.717) is 24.6 Å². The third-order valence-corrected chi connectivity index (χ3v) is 2.95. The Labute approximate surface area is 112 Å². The van der Waals surface area contributed by atoms with E-state index in [2.05, 4.69) is 9.97 Å². The van der Waals surface area contributed by atoms with Gasteiger partial charge in [-0.25, -0.2) is 14.4 Å². The molecule has 4 nitrogen and oxygen atoms in total. The average molecular weight is 260 g/mol. The van der Waals surface area contributed by atoms with Crippen LogP contribution in [0.5, 0.6) is 0 Å². The van der Waals surface area contributed by atoms with Gasteiger partial charge in [0.2, 0.25) is 0 Å². The van der Waals surface area contributed by atoms with Gasteiger partial charge in [-0.2, -0.15) is 0 Å². The Morgan fingerprint density at radius 2 is 2.00 bits per heavy atom. The average Bonchev–Trinajstić information content (AvgIpc) is 2.42. The van der Waals surface area contributed by atoms with Gasteiger partial charge >= 0.3 is 0 Å². The van der Waals surface area contributed by atoms with Crippen molar-refractivity contribution < 1.29 is 4.39 Å². The first-order valence-corrected chi connectivity index (χ1v) is 6.08. The molecule has 0 saturated carbocycles. The Morgan fingerprint density at radius 1 is 1.26 bits per heavy atom. The Kier molecular flexibility index (Phi) is 4.06. The Bertz CT molecular complexity index is 571. The number of benzene rings is 1. The maximum atomic E-state index is 13.9. The lowest BCUT2D eigenvalue weighted by Crippen LogP contribution is -2.20. The van der Waals surface area contributed by atoms with Gasteiger partial charge in [0, 0.05) is 20.1 Å². The van der Waals surface area contributed by atoms with Crippen LogP contribution >= 0.6 is 0 Å². The predicted molar refractivity (Wildman–Crippen MR) is 73.2 cm³/mol. The van der Waals surface area contributed by atoms with E-state index in [1.54, 1.807) is 18.9 Å². The lowest BCUT2D eigenvalue weighted by atomic mass is 10.1. The van der Waals surface area contributed by atoms with Gasteiger partial charge in [-0.15, -0.1) is 0 Å². The van der Waals surface area contributed by atoms with E-state index in [4.69, 9.17) is 5.73 Å². The van der Waals surface area contributed by atoms with Gasteiger partial charge in [0.1, 0.15) is 6.33 Å². The SMILES string of the molecule is Cc1ncnc(N(C)Cc2cccc(CN)c2)c1F. The molecule has 0 radical (unpaired) electrons. The molecule has 0 atom stereocenters. The van der Waals surface area contributed by atoms with Crippen LogP contribution in [0.3, 0.4) is 0 Å². The molecule has 0 unspecified atom stereocenters. The molecular formula is C14H17FN4. The minimum absolute atomic E-state index is 0.311. The van der Waals surface area contributed by atoms with Gasteiger partial charge in [0.15, 0.2) is 11.6 Å². The van der Waals surface area contributed by atoms with Crippen molar-refractivity contribution in [2.75, 3.05) is 11.9 Å². The summed E-state index contributed by atoms with van der Waals surface area (Å²) in [5.41, 5.74) is 8.10. The zero-order valence-electron chi connectivity index (χ0n) is 11.1. The zero-order valence-corrected chi connectivity index (χ0v) is 11.1. The molecule has 19 heavy (non-hydrogen) atoms. The first kappa shape index (κ1) is 13.4. The number of hydrogen-bond donors (Lipinski definition) is 1. The third-order valence-electron chi connectivity index (χ3n) is 2.95. The summed E-state index contributed by atoms with van der Waals surface area (Å²) in [6.45, 7) is 2.70. The smallest absolute Gasteiger partial charge is 0.186 e. The minimum atomic E-state index is -0.375. The maximum Gasteiger partial charge on any atom is 0.186 e. The van der Waals surface area contributed by atoms with E-state index in [-0.39, 0.29) is 5.82 Å². The van der Waals surface area contributed by atoms with Gasteiger partial charge in [0.05, 0.1) is 5.69 Å². The summed E-state index contributed by atoms with van der Waals surface area (Å²) in [6.07, 6.45) is 1.38. The number of aromatic nitrogens is 2. The Hall–Kier alpha value is -2.01. The fourth-order valence-electron chi connectivity index (χ4n) is 1.92. The van der Waals surface area contributed by atoms with E-state index >= 15 is 0 Å². The molecule has 1 aromatic heterocycles. The molecule has 1 aromatic carbocycles. The van der Waals surface area contributed by atoms with Gasteiger partial charge in [-0.3, -0.25) is 0 Å². The summed E-state index contributed by atoms with van der Waals surface area (Å²) in [5.74, 6) is -0.0642. The van der Waals surface area contributed by atoms with E-state index in [0.717, 1.165) is 11.1 Å². The molecule has 5 heteroatoms. The fraction of sp³-hybridized carbons (Fsp3) is 0.286. The van der Waals surface area contributed by atoms with Crippen LogP contribution in [0.15, 0.2) is 30.6 Å². The number of halogens is 1. The van der Waals surface area contributed by atoms with E-state index in [9.17, 15) is 4.39 Å². The predicted octanol–water partition coefficient (Wildman–Crippen LogP) is 2.02. The lowest BCUT2D eigenvalue weighted by Gasteiger charge is -2.19. The number of anilines is 1. The molecule has 1 heterocycles. The number of nitrogens with two attached hydrogens (primary N) is 1. The van der Waals surface area contributed by atoms with Crippen LogP contribution in [-0.2, 0) is 13.1 Å². The van der Waals surface area contributed by atoms with Crippen LogP contribution in [0.4, 0.5) is 10.2 Å². The number of hydrogen-bond acceptors (Lipinski definition) is 4. The first-order valence-electron chi connectivity index (χ1n) is 6.08. The van der Waals surface area contributed by atoms with Crippen LogP contribution in [-0.4, -0.2) is 17.0 Å². The molecule has 0 bridgehead atoms. The topological polar surface area (TPSA) is 55.0 Å². The minimum Gasteiger partial charge on any atom is -0.353 e. The second-order valence-corrected chi connectivity index (χ2v) is 4.48. The summed E-state index contributed by atoms with van der Waals surface area (Å²) in [5, 5.41) is 0. The van der Waals surface area contributed by atoms with Crippen molar-refractivity contribution in [2.45, 2.75) is 20.0 Å². The normalized spacial score (nSPS) is 10.5. The largest absolute Gasteiger partial charge is 0.353 e. The monoisotopic (exact) mass is 260 g/mol. The summed E-state index contributed by atoms with van der Waals surface area (Å²) in [4.78, 5) is 9.58. The Balaban J connectivity index is 2.20. The second-order valence-electron chi connectivity index (χ2n) is 4.48. The molecule has 2 N–H and O–H groups in total. The van der Waals surface area contributed by atoms with E-state index in [1.165, 1.54) is 6.33 Å². The van der Waals surface area contributed by atoms with Crippen molar-refractivity contribution in [2.24, 2.45) is 5.73 Å². The van der Waals surface area contributed by atoms with Crippen LogP contribution in [0.1, 0.15) is 16.8 Å². The number of aryl methyl sites for hydroxylation is 1. The first-order chi connectivity index (χ1) is 9.11. The van der Waals surface area contributed by atoms with Crippen molar-refractivity contribution in [1.29, 1.82) is 0 Å². The van der Waals surface area contributed by atoms with Gasteiger partial charge < -0.3 is 10.6 Å². The fourth-order valence-corrected chi connectivity index (χ4v) is 1.92. The summed E-state index contributed by atoms with van der Waals surface area (Å²) in [6, 6.07) is 7.93. The molecule has 0 aliphatic rings. The highest BCUT2D eigenvalue weighted by Gasteiger charge is 2.12. The molecule has 100 valence electrons. The van der Waals surface area contributed by atoms with Gasteiger partial charge in [0.25, 0.3) is 0 Å². The van der Waals surface area contributed by atoms with E-state index < -0.39 is 0 Å². The lowest BCUT2D eigenvalue weighted by molar-refractivity contribution is 0.595. The molecule has 0 saturated heterocycles. The van der Waals surface area contributed by atoms with Gasteiger partial charge in [-0.1, -0.05) is 24.3 Å². The molecule has 0 aliphatic carbocycles. The zero-order chi connectivity index (χ0) is 13.8. The van der Waals surface area contributed by atoms with Crippen molar-refractivity contribution >= 4 is 5.82 Å². The molecule has 0 fully saturated rings. The van der Waals surface area contributed by atoms with Crippen molar-refractivity contribution in [1.82, 2.24) is 9.97 Å². The van der Waals surface area contributed by atoms with Crippen LogP contribution in [0.25, 0.3) is 0 Å². The van der Waals surface area contributed by atoms with E-state index in [1.807, 2.05) is 24.3 Å². The quantitative estimate of drug-likeness (QED) is 0.913. The molecule has 0 aliphatic heterocycles. The number of rotatable bonds is 4. The van der Waals surface area contributed by atoms with Crippen molar-refractivity contribution in [3.05, 3.63) is 53.2 Å². The van der Waals surface area contributed by atoms with Crippen LogP contribution in [0.2, 0.25) is 0 Å². The van der Waals surface area contributed by atoms with Crippen molar-refractivity contribution in [3.8, 4) is 0 Å². The Morgan fingerprint density at radius 3 is 2.74 bits per heavy atom. The summed E-state index contributed by atoms with van der Waals surface area (Å²) in [7, 11) is 1.81. The molecule has 0 amide bonds. The molecule has 2 aromatic rings. The summed E-state index contributed by atoms with van der Waals surface area (Å²) < 4.78 is 13.9. The highest BCUT2D eigenvalue weighted by atomic mass is 19.1. The van der Waals surface area contributed by atoms with Gasteiger partial charge in [-0.05, 0) is 18.1 Å². The van der Waals surface area contributed by atoms with Crippen LogP contribution < -0.4 is 10.6 Å². The molecule has 0 spiro atoms. The number of nitrogens with zero attached hydrogens (tertiary/aromatic N) is 3. The maximum absolute atomic E-state index is 13.9. The van der Waals surface area contributed by atoms with Crippen molar-refractivity contribution in [3.63, 3.8) is 0 Å². The highest BCUT2D eigenvalue weighted by Crippen LogP contribution is 2.18. The summed E-state index contributed by atoms with van der Waals surface area (Å²) >= 11 is 0. The molecular weight excluding hydrogens is 243 g/mol.